The summed E-state index contributed by atoms with van der Waals surface area (Å²) in [5.41, 5.74) is 7.70. The molecule has 0 radical (unpaired) electrons. The Morgan fingerprint density at radius 3 is 2.84 bits per heavy atom. The van der Waals surface area contributed by atoms with E-state index in [4.69, 9.17) is 10.5 Å². The third-order valence-corrected chi connectivity index (χ3v) is 3.30. The van der Waals surface area contributed by atoms with Crippen LogP contribution in [0, 0.1) is 5.82 Å². The first kappa shape index (κ1) is 13.9. The standard InChI is InChI=1S/C13H13BrFN3O/c1-19-13-6-12(17-7-18-13)11(16)5-8-2-3-10(15)9(14)4-8/h2-4,6-7,11H,5,16H2,1H3. The normalized spacial score (nSPS) is 12.2. The van der Waals surface area contributed by atoms with Crippen LogP contribution < -0.4 is 10.5 Å². The quantitative estimate of drug-likeness (QED) is 0.938. The van der Waals surface area contributed by atoms with Crippen molar-refractivity contribution in [1.82, 2.24) is 9.97 Å². The van der Waals surface area contributed by atoms with Crippen LogP contribution in [0.2, 0.25) is 0 Å². The van der Waals surface area contributed by atoms with Crippen LogP contribution in [0.15, 0.2) is 35.1 Å². The maximum absolute atomic E-state index is 13.1. The van der Waals surface area contributed by atoms with Gasteiger partial charge in [-0.15, -0.1) is 0 Å². The SMILES string of the molecule is COc1cc(C(N)Cc2ccc(F)c(Br)c2)ncn1. The number of hydrogen-bond donors (Lipinski definition) is 1. The lowest BCUT2D eigenvalue weighted by Gasteiger charge is -2.12. The van der Waals surface area contributed by atoms with E-state index >= 15 is 0 Å². The fourth-order valence-electron chi connectivity index (χ4n) is 1.69. The molecule has 0 aliphatic carbocycles. The van der Waals surface area contributed by atoms with Gasteiger partial charge in [0.1, 0.15) is 12.1 Å². The number of methoxy groups -OCH3 is 1. The predicted octanol–water partition coefficient (Wildman–Crippen LogP) is 2.63. The van der Waals surface area contributed by atoms with E-state index in [1.165, 1.54) is 19.5 Å². The smallest absolute Gasteiger partial charge is 0.216 e. The fourth-order valence-corrected chi connectivity index (χ4v) is 2.12. The Labute approximate surface area is 119 Å². The van der Waals surface area contributed by atoms with E-state index in [0.29, 0.717) is 22.5 Å². The van der Waals surface area contributed by atoms with Gasteiger partial charge in [0.05, 0.1) is 23.3 Å². The van der Waals surface area contributed by atoms with Crippen molar-refractivity contribution < 1.29 is 9.13 Å². The van der Waals surface area contributed by atoms with Crippen molar-refractivity contribution in [3.63, 3.8) is 0 Å². The van der Waals surface area contributed by atoms with Crippen LogP contribution in [0.25, 0.3) is 0 Å². The third kappa shape index (κ3) is 3.48. The molecule has 1 aromatic heterocycles. The van der Waals surface area contributed by atoms with Crippen molar-refractivity contribution in [2.45, 2.75) is 12.5 Å². The molecule has 1 unspecified atom stereocenters. The average molecular weight is 326 g/mol. The Morgan fingerprint density at radius 1 is 1.37 bits per heavy atom. The number of nitrogens with two attached hydrogens (primary N) is 1. The molecule has 100 valence electrons. The van der Waals surface area contributed by atoms with E-state index in [-0.39, 0.29) is 11.9 Å². The molecule has 0 aliphatic rings. The number of ether oxygens (including phenoxy) is 1. The van der Waals surface area contributed by atoms with Crippen molar-refractivity contribution in [2.24, 2.45) is 5.73 Å². The molecule has 4 nitrogen and oxygen atoms in total. The van der Waals surface area contributed by atoms with Crippen LogP contribution in [0.1, 0.15) is 17.3 Å². The van der Waals surface area contributed by atoms with Gasteiger partial charge in [-0.1, -0.05) is 6.07 Å². The third-order valence-electron chi connectivity index (χ3n) is 2.69. The minimum Gasteiger partial charge on any atom is -0.481 e. The highest BCUT2D eigenvalue weighted by molar-refractivity contribution is 9.10. The van der Waals surface area contributed by atoms with E-state index in [9.17, 15) is 4.39 Å². The van der Waals surface area contributed by atoms with Gasteiger partial charge >= 0.3 is 0 Å². The van der Waals surface area contributed by atoms with Crippen LogP contribution in [0.3, 0.4) is 0 Å². The summed E-state index contributed by atoms with van der Waals surface area (Å²) < 4.78 is 18.6. The largest absolute Gasteiger partial charge is 0.481 e. The van der Waals surface area contributed by atoms with Gasteiger partial charge in [0, 0.05) is 6.07 Å². The topological polar surface area (TPSA) is 61.0 Å². The Bertz CT molecular complexity index is 580. The minimum atomic E-state index is -0.297. The number of halogens is 2. The highest BCUT2D eigenvalue weighted by atomic mass is 79.9. The van der Waals surface area contributed by atoms with Gasteiger partial charge in [-0.25, -0.2) is 14.4 Å². The summed E-state index contributed by atoms with van der Waals surface area (Å²) >= 11 is 3.15. The molecule has 0 aliphatic heterocycles. The van der Waals surface area contributed by atoms with E-state index < -0.39 is 0 Å². The zero-order valence-corrected chi connectivity index (χ0v) is 11.9. The Kier molecular flexibility index (Phi) is 4.44. The Balaban J connectivity index is 2.15. The monoisotopic (exact) mass is 325 g/mol. The molecule has 2 rings (SSSR count). The summed E-state index contributed by atoms with van der Waals surface area (Å²) in [4.78, 5) is 8.05. The molecule has 2 N–H and O–H groups in total. The second kappa shape index (κ2) is 6.08. The van der Waals surface area contributed by atoms with Crippen molar-refractivity contribution >= 4 is 15.9 Å². The molecular formula is C13H13BrFN3O. The van der Waals surface area contributed by atoms with Crippen LogP contribution >= 0.6 is 15.9 Å². The van der Waals surface area contributed by atoms with E-state index in [2.05, 4.69) is 25.9 Å². The Morgan fingerprint density at radius 2 is 2.16 bits per heavy atom. The molecule has 1 aromatic carbocycles. The highest BCUT2D eigenvalue weighted by Gasteiger charge is 2.11. The van der Waals surface area contributed by atoms with Gasteiger partial charge in [0.25, 0.3) is 0 Å². The second-order valence-electron chi connectivity index (χ2n) is 4.04. The van der Waals surface area contributed by atoms with Gasteiger partial charge in [-0.2, -0.15) is 0 Å². The summed E-state index contributed by atoms with van der Waals surface area (Å²) in [6, 6.07) is 6.23. The molecule has 0 saturated carbocycles. The fraction of sp³-hybridized carbons (Fsp3) is 0.231. The van der Waals surface area contributed by atoms with Gasteiger partial charge < -0.3 is 10.5 Å². The first-order chi connectivity index (χ1) is 9.10. The summed E-state index contributed by atoms with van der Waals surface area (Å²) in [5, 5.41) is 0. The van der Waals surface area contributed by atoms with E-state index in [1.807, 2.05) is 0 Å². The zero-order valence-electron chi connectivity index (χ0n) is 10.3. The average Bonchev–Trinajstić information content (AvgIpc) is 2.43. The molecule has 0 fully saturated rings. The molecule has 1 atom stereocenters. The summed E-state index contributed by atoms with van der Waals surface area (Å²) in [7, 11) is 1.54. The summed E-state index contributed by atoms with van der Waals surface area (Å²) in [5.74, 6) is 0.182. The molecule has 0 amide bonds. The van der Waals surface area contributed by atoms with Gasteiger partial charge in [0.15, 0.2) is 0 Å². The highest BCUT2D eigenvalue weighted by Crippen LogP contribution is 2.21. The van der Waals surface area contributed by atoms with Crippen LogP contribution in [-0.2, 0) is 6.42 Å². The molecule has 1 heterocycles. The minimum absolute atomic E-state index is 0.291. The lowest BCUT2D eigenvalue weighted by atomic mass is 10.0. The van der Waals surface area contributed by atoms with Crippen LogP contribution in [0.4, 0.5) is 4.39 Å². The van der Waals surface area contributed by atoms with Crippen molar-refractivity contribution in [2.75, 3.05) is 7.11 Å². The number of nitrogens with zero attached hydrogens (tertiary/aromatic N) is 2. The summed E-state index contributed by atoms with van der Waals surface area (Å²) in [6.45, 7) is 0. The first-order valence-electron chi connectivity index (χ1n) is 5.65. The van der Waals surface area contributed by atoms with Crippen molar-refractivity contribution in [3.05, 3.63) is 52.1 Å². The van der Waals surface area contributed by atoms with E-state index in [0.717, 1.165) is 5.56 Å². The number of aromatic nitrogens is 2. The van der Waals surface area contributed by atoms with Crippen LogP contribution in [-0.4, -0.2) is 17.1 Å². The second-order valence-corrected chi connectivity index (χ2v) is 4.90. The maximum atomic E-state index is 13.1. The van der Waals surface area contributed by atoms with Gasteiger partial charge in [-0.05, 0) is 40.0 Å². The number of benzene rings is 1. The zero-order chi connectivity index (χ0) is 13.8. The predicted molar refractivity (Wildman–Crippen MR) is 73.3 cm³/mol. The molecule has 19 heavy (non-hydrogen) atoms. The van der Waals surface area contributed by atoms with Crippen molar-refractivity contribution in [1.29, 1.82) is 0 Å². The lowest BCUT2D eigenvalue weighted by molar-refractivity contribution is 0.395. The molecule has 6 heteroatoms. The van der Waals surface area contributed by atoms with Gasteiger partial charge in [0.2, 0.25) is 5.88 Å². The Hall–Kier alpha value is -1.53. The molecular weight excluding hydrogens is 313 g/mol. The maximum Gasteiger partial charge on any atom is 0.216 e. The molecule has 0 bridgehead atoms. The number of rotatable bonds is 4. The summed E-state index contributed by atoms with van der Waals surface area (Å²) in [6.07, 6.45) is 1.97. The molecule has 2 aromatic rings. The van der Waals surface area contributed by atoms with E-state index in [1.54, 1.807) is 18.2 Å². The van der Waals surface area contributed by atoms with Gasteiger partial charge in [-0.3, -0.25) is 0 Å². The molecule has 0 saturated heterocycles. The van der Waals surface area contributed by atoms with Crippen LogP contribution in [0.5, 0.6) is 5.88 Å². The van der Waals surface area contributed by atoms with Crippen molar-refractivity contribution in [3.8, 4) is 5.88 Å². The lowest BCUT2D eigenvalue weighted by Crippen LogP contribution is -2.15. The first-order valence-corrected chi connectivity index (χ1v) is 6.45. The molecule has 0 spiro atoms. The number of hydrogen-bond acceptors (Lipinski definition) is 4.